The Balaban J connectivity index is 2.27. The van der Waals surface area contributed by atoms with Crippen molar-refractivity contribution in [2.45, 2.75) is 44.1 Å². The number of aromatic hydroxyl groups is 1. The van der Waals surface area contributed by atoms with Gasteiger partial charge < -0.3 is 15.5 Å². The molecule has 0 bridgehead atoms. The zero-order valence-corrected chi connectivity index (χ0v) is 11.4. The summed E-state index contributed by atoms with van der Waals surface area (Å²) in [4.78, 5) is 9.73. The number of hydrogen-bond donors (Lipinski definition) is 3. The highest BCUT2D eigenvalue weighted by Gasteiger charge is 2.38. The SMILES string of the molecule is O=[N+]([O-])c1cc(CN[C@@H]2CCC[C@@H]2O)cc(C(F)(F)F)c1O. The van der Waals surface area contributed by atoms with E-state index in [0.29, 0.717) is 18.9 Å². The summed E-state index contributed by atoms with van der Waals surface area (Å²) >= 11 is 0. The topological polar surface area (TPSA) is 95.6 Å². The van der Waals surface area contributed by atoms with Crippen molar-refractivity contribution in [3.63, 3.8) is 0 Å². The van der Waals surface area contributed by atoms with Gasteiger partial charge >= 0.3 is 11.9 Å². The van der Waals surface area contributed by atoms with Gasteiger partial charge in [0.15, 0.2) is 0 Å². The maximum Gasteiger partial charge on any atom is 0.420 e. The number of nitro groups is 1. The van der Waals surface area contributed by atoms with Crippen LogP contribution in [0, 0.1) is 10.1 Å². The van der Waals surface area contributed by atoms with E-state index in [1.165, 1.54) is 0 Å². The largest absolute Gasteiger partial charge is 0.502 e. The Morgan fingerprint density at radius 1 is 1.36 bits per heavy atom. The van der Waals surface area contributed by atoms with Crippen LogP contribution in [-0.2, 0) is 12.7 Å². The van der Waals surface area contributed by atoms with Gasteiger partial charge in [-0.2, -0.15) is 13.2 Å². The first-order chi connectivity index (χ1) is 10.2. The molecule has 22 heavy (non-hydrogen) atoms. The molecule has 1 aliphatic rings. The molecule has 0 heterocycles. The number of hydrogen-bond acceptors (Lipinski definition) is 5. The van der Waals surface area contributed by atoms with Crippen LogP contribution in [0.4, 0.5) is 18.9 Å². The minimum Gasteiger partial charge on any atom is -0.502 e. The standard InChI is InChI=1S/C13H15F3N2O4/c14-13(15,16)8-4-7(5-10(12(8)20)18(21)22)6-17-9-2-1-3-11(9)19/h4-5,9,11,17,19-20H,1-3,6H2/t9-,11+/m1/s1. The summed E-state index contributed by atoms with van der Waals surface area (Å²) in [5.74, 6) is -1.39. The number of benzene rings is 1. The lowest BCUT2D eigenvalue weighted by Gasteiger charge is -2.17. The third-order valence-electron chi connectivity index (χ3n) is 3.70. The first-order valence-corrected chi connectivity index (χ1v) is 6.69. The van der Waals surface area contributed by atoms with Crippen LogP contribution in [0.25, 0.3) is 0 Å². The first-order valence-electron chi connectivity index (χ1n) is 6.69. The van der Waals surface area contributed by atoms with E-state index >= 15 is 0 Å². The monoisotopic (exact) mass is 320 g/mol. The molecule has 0 spiro atoms. The van der Waals surface area contributed by atoms with Gasteiger partial charge in [-0.3, -0.25) is 10.1 Å². The smallest absolute Gasteiger partial charge is 0.420 e. The quantitative estimate of drug-likeness (QED) is 0.584. The van der Waals surface area contributed by atoms with E-state index in [0.717, 1.165) is 12.5 Å². The lowest BCUT2D eigenvalue weighted by atomic mass is 10.1. The molecule has 2 atom stereocenters. The van der Waals surface area contributed by atoms with Gasteiger partial charge in [0.1, 0.15) is 5.56 Å². The number of rotatable bonds is 4. The van der Waals surface area contributed by atoms with E-state index in [9.17, 15) is 33.5 Å². The highest BCUT2D eigenvalue weighted by Crippen LogP contribution is 2.41. The van der Waals surface area contributed by atoms with Crippen LogP contribution in [0.5, 0.6) is 5.75 Å². The molecule has 9 heteroatoms. The van der Waals surface area contributed by atoms with E-state index in [4.69, 9.17) is 0 Å². The summed E-state index contributed by atoms with van der Waals surface area (Å²) in [6.45, 7) is -0.0636. The van der Waals surface area contributed by atoms with Gasteiger partial charge in [0.05, 0.1) is 11.0 Å². The number of aliphatic hydroxyl groups is 1. The van der Waals surface area contributed by atoms with Crippen LogP contribution >= 0.6 is 0 Å². The fraction of sp³-hybridized carbons (Fsp3) is 0.538. The number of phenols is 1. The maximum absolute atomic E-state index is 12.8. The van der Waals surface area contributed by atoms with E-state index in [1.54, 1.807) is 0 Å². The van der Waals surface area contributed by atoms with Crippen LogP contribution in [0.2, 0.25) is 0 Å². The Labute approximate surface area is 123 Å². The minimum atomic E-state index is -4.89. The average molecular weight is 320 g/mol. The summed E-state index contributed by atoms with van der Waals surface area (Å²) < 4.78 is 38.5. The number of phenolic OH excluding ortho intramolecular Hbond substituents is 1. The summed E-state index contributed by atoms with van der Waals surface area (Å²) in [5.41, 5.74) is -2.40. The molecule has 0 unspecified atom stereocenters. The fourth-order valence-corrected chi connectivity index (χ4v) is 2.56. The highest BCUT2D eigenvalue weighted by atomic mass is 19.4. The molecule has 1 aliphatic carbocycles. The third kappa shape index (κ3) is 3.47. The molecule has 122 valence electrons. The second-order valence-electron chi connectivity index (χ2n) is 5.25. The Bertz CT molecular complexity index is 577. The molecule has 1 saturated carbocycles. The van der Waals surface area contributed by atoms with Crippen LogP contribution in [-0.4, -0.2) is 27.3 Å². The number of halogens is 3. The molecular weight excluding hydrogens is 305 g/mol. The summed E-state index contributed by atoms with van der Waals surface area (Å²) in [7, 11) is 0. The molecule has 0 radical (unpaired) electrons. The number of nitrogens with zero attached hydrogens (tertiary/aromatic N) is 1. The van der Waals surface area contributed by atoms with Crippen LogP contribution in [0.3, 0.4) is 0 Å². The predicted octanol–water partition coefficient (Wildman–Crippen LogP) is 2.32. The van der Waals surface area contributed by atoms with Crippen LogP contribution in [0.15, 0.2) is 12.1 Å². The Morgan fingerprint density at radius 3 is 2.55 bits per heavy atom. The second kappa shape index (κ2) is 6.09. The molecule has 2 rings (SSSR count). The van der Waals surface area contributed by atoms with E-state index in [-0.39, 0.29) is 18.2 Å². The van der Waals surface area contributed by atoms with Gasteiger partial charge in [0.25, 0.3) is 0 Å². The van der Waals surface area contributed by atoms with Gasteiger partial charge in [0, 0.05) is 18.7 Å². The first kappa shape index (κ1) is 16.5. The normalized spacial score (nSPS) is 22.0. The highest BCUT2D eigenvalue weighted by molar-refractivity contribution is 5.54. The lowest BCUT2D eigenvalue weighted by Crippen LogP contribution is -2.35. The Kier molecular flexibility index (Phi) is 4.57. The van der Waals surface area contributed by atoms with Gasteiger partial charge in [-0.15, -0.1) is 0 Å². The van der Waals surface area contributed by atoms with E-state index < -0.39 is 34.2 Å². The molecule has 3 N–H and O–H groups in total. The van der Waals surface area contributed by atoms with Crippen molar-refractivity contribution in [2.24, 2.45) is 0 Å². The molecule has 1 aromatic rings. The lowest BCUT2D eigenvalue weighted by molar-refractivity contribution is -0.386. The fourth-order valence-electron chi connectivity index (χ4n) is 2.56. The Hall–Kier alpha value is -1.87. The summed E-state index contributed by atoms with van der Waals surface area (Å²) in [5, 5.41) is 32.7. The third-order valence-corrected chi connectivity index (χ3v) is 3.70. The molecule has 1 aromatic carbocycles. The van der Waals surface area contributed by atoms with Gasteiger partial charge in [-0.25, -0.2) is 0 Å². The van der Waals surface area contributed by atoms with Crippen LogP contribution < -0.4 is 5.32 Å². The van der Waals surface area contributed by atoms with Gasteiger partial charge in [-0.1, -0.05) is 0 Å². The van der Waals surface area contributed by atoms with Crippen molar-refractivity contribution in [1.29, 1.82) is 0 Å². The summed E-state index contributed by atoms with van der Waals surface area (Å²) in [6, 6.07) is 1.33. The second-order valence-corrected chi connectivity index (χ2v) is 5.25. The molecule has 0 saturated heterocycles. The van der Waals surface area contributed by atoms with Crippen molar-refractivity contribution < 1.29 is 28.3 Å². The Morgan fingerprint density at radius 2 is 2.05 bits per heavy atom. The molecule has 1 fully saturated rings. The van der Waals surface area contributed by atoms with Crippen LogP contribution in [0.1, 0.15) is 30.4 Å². The molecule has 0 amide bonds. The van der Waals surface area contributed by atoms with Crippen molar-refractivity contribution in [2.75, 3.05) is 0 Å². The van der Waals surface area contributed by atoms with Gasteiger partial charge in [-0.05, 0) is 30.9 Å². The summed E-state index contributed by atoms with van der Waals surface area (Å²) in [6.07, 6.45) is -3.36. The van der Waals surface area contributed by atoms with Crippen molar-refractivity contribution in [1.82, 2.24) is 5.32 Å². The number of alkyl halides is 3. The van der Waals surface area contributed by atoms with Crippen molar-refractivity contribution in [3.05, 3.63) is 33.4 Å². The predicted molar refractivity (Wildman–Crippen MR) is 70.2 cm³/mol. The number of aliphatic hydroxyl groups excluding tert-OH is 1. The number of nitrogens with one attached hydrogen (secondary N) is 1. The molecule has 6 nitrogen and oxygen atoms in total. The zero-order chi connectivity index (χ0) is 16.5. The van der Waals surface area contributed by atoms with Crippen molar-refractivity contribution >= 4 is 5.69 Å². The average Bonchev–Trinajstić information content (AvgIpc) is 2.81. The molecule has 0 aliphatic heterocycles. The number of nitro benzene ring substituents is 1. The molecular formula is C13H15F3N2O4. The molecule has 0 aromatic heterocycles. The van der Waals surface area contributed by atoms with Crippen molar-refractivity contribution in [3.8, 4) is 5.75 Å². The minimum absolute atomic E-state index is 0.0240. The zero-order valence-electron chi connectivity index (χ0n) is 11.4. The van der Waals surface area contributed by atoms with E-state index in [1.807, 2.05) is 0 Å². The van der Waals surface area contributed by atoms with E-state index in [2.05, 4.69) is 5.32 Å². The van der Waals surface area contributed by atoms with Gasteiger partial charge in [0.2, 0.25) is 5.75 Å². The maximum atomic E-state index is 12.8.